The maximum Gasteiger partial charge on any atom is 0.237 e. The molecule has 1 fully saturated rings. The van der Waals surface area contributed by atoms with Gasteiger partial charge in [0.2, 0.25) is 5.54 Å². The van der Waals surface area contributed by atoms with Gasteiger partial charge in [0, 0.05) is 18.3 Å². The first-order valence-corrected chi connectivity index (χ1v) is 6.51. The topological polar surface area (TPSA) is 4.36 Å². The van der Waals surface area contributed by atoms with E-state index in [1.807, 2.05) is 0 Å². The Labute approximate surface area is 101 Å². The quantitative estimate of drug-likeness (QED) is 0.511. The smallest absolute Gasteiger partial charge is 0.237 e. The number of rotatable bonds is 0. The van der Waals surface area contributed by atoms with Gasteiger partial charge in [-0.25, -0.2) is 6.57 Å². The van der Waals surface area contributed by atoms with E-state index in [1.165, 1.54) is 12.8 Å². The highest BCUT2D eigenvalue weighted by Crippen LogP contribution is 2.49. The van der Waals surface area contributed by atoms with Crippen molar-refractivity contribution in [1.29, 1.82) is 0 Å². The van der Waals surface area contributed by atoms with E-state index in [9.17, 15) is 0 Å². The fourth-order valence-electron chi connectivity index (χ4n) is 2.99. The second-order valence-electron chi connectivity index (χ2n) is 7.53. The van der Waals surface area contributed by atoms with Gasteiger partial charge in [-0.05, 0) is 24.2 Å². The Bertz CT molecular complexity index is 274. The third kappa shape index (κ3) is 2.42. The Kier molecular flexibility index (Phi) is 3.44. The molecule has 92 valence electrons. The van der Waals surface area contributed by atoms with E-state index in [4.69, 9.17) is 6.57 Å². The van der Waals surface area contributed by atoms with Crippen molar-refractivity contribution in [2.75, 3.05) is 0 Å². The number of hydrogen-bond donors (Lipinski definition) is 0. The molecule has 0 saturated heterocycles. The zero-order valence-electron chi connectivity index (χ0n) is 11.9. The first kappa shape index (κ1) is 13.6. The standard InChI is InChI=1S/C15H27N/c1-13(2,3)12-8-10-15(16-7,11-9-12)14(4,5)6/h12H,8-11H2,1-6H3. The molecule has 0 amide bonds. The Hall–Kier alpha value is -0.510. The van der Waals surface area contributed by atoms with Crippen LogP contribution < -0.4 is 0 Å². The van der Waals surface area contributed by atoms with Crippen LogP contribution in [-0.4, -0.2) is 5.54 Å². The van der Waals surface area contributed by atoms with E-state index in [2.05, 4.69) is 46.4 Å². The van der Waals surface area contributed by atoms with Crippen LogP contribution in [0.25, 0.3) is 4.85 Å². The molecule has 0 aromatic rings. The highest BCUT2D eigenvalue weighted by atomic mass is 14.8. The monoisotopic (exact) mass is 221 g/mol. The lowest BCUT2D eigenvalue weighted by Crippen LogP contribution is -2.44. The minimum atomic E-state index is -0.102. The van der Waals surface area contributed by atoms with Gasteiger partial charge in [0.15, 0.2) is 0 Å². The zero-order valence-corrected chi connectivity index (χ0v) is 11.9. The molecule has 0 heterocycles. The van der Waals surface area contributed by atoms with E-state index >= 15 is 0 Å². The molecule has 1 aliphatic rings. The Balaban J connectivity index is 2.78. The molecule has 0 unspecified atom stereocenters. The lowest BCUT2D eigenvalue weighted by molar-refractivity contribution is 0.0942. The molecule has 0 spiro atoms. The van der Waals surface area contributed by atoms with Gasteiger partial charge in [0.05, 0.1) is 0 Å². The summed E-state index contributed by atoms with van der Waals surface area (Å²) in [4.78, 5) is 4.02. The third-order valence-corrected chi connectivity index (χ3v) is 4.65. The van der Waals surface area contributed by atoms with Crippen LogP contribution in [0.15, 0.2) is 0 Å². The average Bonchev–Trinajstić information content (AvgIpc) is 2.14. The minimum Gasteiger partial charge on any atom is -0.310 e. The molecule has 16 heavy (non-hydrogen) atoms. The molecule has 0 aromatic heterocycles. The molecule has 0 atom stereocenters. The highest BCUT2D eigenvalue weighted by Gasteiger charge is 2.51. The van der Waals surface area contributed by atoms with E-state index < -0.39 is 0 Å². The Morgan fingerprint density at radius 3 is 1.69 bits per heavy atom. The summed E-state index contributed by atoms with van der Waals surface area (Å²) in [5, 5.41) is 0. The maximum atomic E-state index is 7.55. The van der Waals surface area contributed by atoms with Gasteiger partial charge in [-0.2, -0.15) is 0 Å². The minimum absolute atomic E-state index is 0.102. The van der Waals surface area contributed by atoms with Gasteiger partial charge in [-0.3, -0.25) is 0 Å². The number of hydrogen-bond acceptors (Lipinski definition) is 0. The zero-order chi connectivity index (χ0) is 12.6. The van der Waals surface area contributed by atoms with E-state index in [-0.39, 0.29) is 11.0 Å². The lowest BCUT2D eigenvalue weighted by Gasteiger charge is -2.43. The maximum absolute atomic E-state index is 7.55. The predicted molar refractivity (Wildman–Crippen MR) is 70.2 cm³/mol. The summed E-state index contributed by atoms with van der Waals surface area (Å²) in [6.45, 7) is 21.2. The molecule has 1 saturated carbocycles. The van der Waals surface area contributed by atoms with Crippen LogP contribution >= 0.6 is 0 Å². The lowest BCUT2D eigenvalue weighted by atomic mass is 9.60. The SMILES string of the molecule is [C-]#[N+]C1(C(C)(C)C)CCC(C(C)(C)C)CC1. The fraction of sp³-hybridized carbons (Fsp3) is 0.933. The number of nitrogens with zero attached hydrogens (tertiary/aromatic N) is 1. The van der Waals surface area contributed by atoms with Crippen molar-refractivity contribution in [1.82, 2.24) is 0 Å². The summed E-state index contributed by atoms with van der Waals surface area (Å²) >= 11 is 0. The normalized spacial score (nSPS) is 32.2. The Morgan fingerprint density at radius 2 is 1.44 bits per heavy atom. The van der Waals surface area contributed by atoms with Gasteiger partial charge in [0.1, 0.15) is 0 Å². The van der Waals surface area contributed by atoms with Crippen molar-refractivity contribution in [3.8, 4) is 0 Å². The molecule has 0 N–H and O–H groups in total. The van der Waals surface area contributed by atoms with Crippen LogP contribution in [0.2, 0.25) is 0 Å². The summed E-state index contributed by atoms with van der Waals surface area (Å²) in [6, 6.07) is 0. The third-order valence-electron chi connectivity index (χ3n) is 4.65. The van der Waals surface area contributed by atoms with E-state index in [0.717, 1.165) is 18.8 Å². The van der Waals surface area contributed by atoms with E-state index in [1.54, 1.807) is 0 Å². The molecule has 1 heteroatoms. The van der Waals surface area contributed by atoms with Crippen LogP contribution in [0.4, 0.5) is 0 Å². The summed E-state index contributed by atoms with van der Waals surface area (Å²) in [5.74, 6) is 0.796. The van der Waals surface area contributed by atoms with Crippen molar-refractivity contribution >= 4 is 0 Å². The van der Waals surface area contributed by atoms with Gasteiger partial charge in [0.25, 0.3) is 0 Å². The highest BCUT2D eigenvalue weighted by molar-refractivity contribution is 5.09. The largest absolute Gasteiger partial charge is 0.310 e. The molecule has 0 aromatic carbocycles. The molecule has 0 aliphatic heterocycles. The van der Waals surface area contributed by atoms with Crippen LogP contribution in [0.1, 0.15) is 67.2 Å². The summed E-state index contributed by atoms with van der Waals surface area (Å²) in [7, 11) is 0. The predicted octanol–water partition coefficient (Wildman–Crippen LogP) is 4.93. The van der Waals surface area contributed by atoms with Gasteiger partial charge in [-0.15, -0.1) is 0 Å². The second-order valence-corrected chi connectivity index (χ2v) is 7.53. The summed E-state index contributed by atoms with van der Waals surface area (Å²) in [6.07, 6.45) is 4.62. The van der Waals surface area contributed by atoms with Crippen molar-refractivity contribution < 1.29 is 0 Å². The van der Waals surface area contributed by atoms with Gasteiger partial charge in [-0.1, -0.05) is 41.5 Å². The van der Waals surface area contributed by atoms with Crippen molar-refractivity contribution in [2.45, 2.75) is 72.8 Å². The van der Waals surface area contributed by atoms with E-state index in [0.29, 0.717) is 5.41 Å². The van der Waals surface area contributed by atoms with Crippen LogP contribution in [0.3, 0.4) is 0 Å². The second kappa shape index (κ2) is 4.06. The Morgan fingerprint density at radius 1 is 1.00 bits per heavy atom. The van der Waals surface area contributed by atoms with Crippen LogP contribution in [-0.2, 0) is 0 Å². The molecule has 1 nitrogen and oxygen atoms in total. The van der Waals surface area contributed by atoms with Crippen molar-refractivity contribution in [3.05, 3.63) is 11.4 Å². The summed E-state index contributed by atoms with van der Waals surface area (Å²) < 4.78 is 0. The molecule has 0 radical (unpaired) electrons. The van der Waals surface area contributed by atoms with Crippen LogP contribution in [0.5, 0.6) is 0 Å². The molecule has 0 bridgehead atoms. The summed E-state index contributed by atoms with van der Waals surface area (Å²) in [5.41, 5.74) is 0.429. The van der Waals surface area contributed by atoms with Gasteiger partial charge >= 0.3 is 0 Å². The van der Waals surface area contributed by atoms with Crippen LogP contribution in [0, 0.1) is 23.3 Å². The molecular formula is C15H27N. The molecule has 1 rings (SSSR count). The van der Waals surface area contributed by atoms with Gasteiger partial charge < -0.3 is 4.85 Å². The first-order valence-electron chi connectivity index (χ1n) is 6.51. The average molecular weight is 221 g/mol. The van der Waals surface area contributed by atoms with Crippen molar-refractivity contribution in [3.63, 3.8) is 0 Å². The fourth-order valence-corrected chi connectivity index (χ4v) is 2.99. The molecular weight excluding hydrogens is 194 g/mol. The molecule has 1 aliphatic carbocycles. The van der Waals surface area contributed by atoms with Crippen molar-refractivity contribution in [2.24, 2.45) is 16.7 Å². The first-order chi connectivity index (χ1) is 7.12.